The number of benzene rings is 2. The van der Waals surface area contributed by atoms with E-state index in [1.165, 1.54) is 11.1 Å². The number of fused-ring (bicyclic) bond motifs is 2. The lowest BCUT2D eigenvalue weighted by molar-refractivity contribution is -0.131. The van der Waals surface area contributed by atoms with Crippen molar-refractivity contribution in [3.63, 3.8) is 0 Å². The third kappa shape index (κ3) is 3.33. The molecule has 2 heterocycles. The third-order valence-electron chi connectivity index (χ3n) is 5.34. The van der Waals surface area contributed by atoms with E-state index in [2.05, 4.69) is 35.4 Å². The number of amides is 1. The Balaban J connectivity index is 1.48. The summed E-state index contributed by atoms with van der Waals surface area (Å²) in [5.74, 6) is 0.0826. The molecule has 0 fully saturated rings. The van der Waals surface area contributed by atoms with E-state index in [0.717, 1.165) is 29.7 Å². The minimum atomic E-state index is -0.0894. The van der Waals surface area contributed by atoms with Gasteiger partial charge in [-0.15, -0.1) is 0 Å². The molecule has 2 N–H and O–H groups in total. The summed E-state index contributed by atoms with van der Waals surface area (Å²) < 4.78 is 0. The van der Waals surface area contributed by atoms with Crippen LogP contribution in [0.15, 0.2) is 53.3 Å². The Bertz CT molecular complexity index is 1070. The number of rotatable bonds is 3. The summed E-state index contributed by atoms with van der Waals surface area (Å²) in [6.07, 6.45) is 0.893. The molecule has 27 heavy (non-hydrogen) atoms. The number of nitrogens with zero attached hydrogens (tertiary/aromatic N) is 1. The summed E-state index contributed by atoms with van der Waals surface area (Å²) in [6.45, 7) is 4.92. The van der Waals surface area contributed by atoms with E-state index < -0.39 is 0 Å². The highest BCUT2D eigenvalue weighted by Gasteiger charge is 2.26. The van der Waals surface area contributed by atoms with Gasteiger partial charge in [0, 0.05) is 23.3 Å². The second kappa shape index (κ2) is 6.91. The fourth-order valence-electron chi connectivity index (χ4n) is 3.91. The van der Waals surface area contributed by atoms with Crippen LogP contribution in [-0.4, -0.2) is 28.9 Å². The van der Waals surface area contributed by atoms with Gasteiger partial charge in [-0.25, -0.2) is 0 Å². The maximum absolute atomic E-state index is 12.8. The number of carbonyl (C=O) groups excluding carboxylic acids is 1. The van der Waals surface area contributed by atoms with Crippen LogP contribution in [0.3, 0.4) is 0 Å². The van der Waals surface area contributed by atoms with E-state index in [-0.39, 0.29) is 24.1 Å². The summed E-state index contributed by atoms with van der Waals surface area (Å²) in [4.78, 5) is 29.5. The molecule has 1 unspecified atom stereocenters. The van der Waals surface area contributed by atoms with E-state index in [4.69, 9.17) is 0 Å². The molecule has 5 heteroatoms. The average molecular weight is 361 g/mol. The molecule has 2 aromatic carbocycles. The van der Waals surface area contributed by atoms with Crippen molar-refractivity contribution in [1.29, 1.82) is 0 Å². The second-order valence-electron chi connectivity index (χ2n) is 7.15. The standard InChI is InChI=1S/C22H23N3O2/c1-14-11-17-12-18(7-8-20(17)22(27)24-14)23-13-21(26)25-10-9-16-5-3-4-6-19(16)15(25)2/h3-8,11-12,15,23H,9-10,13H2,1-2H3,(H,24,27). The molecule has 5 nitrogen and oxygen atoms in total. The molecule has 0 spiro atoms. The molecule has 0 aliphatic carbocycles. The Kier molecular flexibility index (Phi) is 4.44. The first kappa shape index (κ1) is 17.3. The fourth-order valence-corrected chi connectivity index (χ4v) is 3.91. The number of anilines is 1. The largest absolute Gasteiger partial charge is 0.376 e. The number of pyridine rings is 1. The topological polar surface area (TPSA) is 65.2 Å². The van der Waals surface area contributed by atoms with E-state index in [1.54, 1.807) is 6.07 Å². The van der Waals surface area contributed by atoms with Crippen molar-refractivity contribution in [3.05, 3.63) is 75.7 Å². The zero-order valence-corrected chi connectivity index (χ0v) is 15.6. The molecule has 1 atom stereocenters. The van der Waals surface area contributed by atoms with Gasteiger partial charge >= 0.3 is 0 Å². The van der Waals surface area contributed by atoms with Gasteiger partial charge in [0.1, 0.15) is 0 Å². The van der Waals surface area contributed by atoms with Gasteiger partial charge in [-0.3, -0.25) is 9.59 Å². The number of nitrogens with one attached hydrogen (secondary N) is 2. The quantitative estimate of drug-likeness (QED) is 0.751. The van der Waals surface area contributed by atoms with Crippen LogP contribution in [0.5, 0.6) is 0 Å². The molecular weight excluding hydrogens is 338 g/mol. The predicted octanol–water partition coefficient (Wildman–Crippen LogP) is 3.39. The molecule has 0 radical (unpaired) electrons. The number of hydrogen-bond acceptors (Lipinski definition) is 3. The molecule has 0 bridgehead atoms. The lowest BCUT2D eigenvalue weighted by Gasteiger charge is -2.35. The van der Waals surface area contributed by atoms with Gasteiger partial charge in [0.05, 0.1) is 12.6 Å². The first-order valence-corrected chi connectivity index (χ1v) is 9.28. The highest BCUT2D eigenvalue weighted by Crippen LogP contribution is 2.29. The predicted molar refractivity (Wildman–Crippen MR) is 108 cm³/mol. The van der Waals surface area contributed by atoms with Crippen molar-refractivity contribution in [2.75, 3.05) is 18.4 Å². The highest BCUT2D eigenvalue weighted by molar-refractivity contribution is 5.87. The Hall–Kier alpha value is -3.08. The van der Waals surface area contributed by atoms with E-state index >= 15 is 0 Å². The maximum atomic E-state index is 12.8. The average Bonchev–Trinajstić information content (AvgIpc) is 2.66. The van der Waals surface area contributed by atoms with Crippen molar-refractivity contribution < 1.29 is 4.79 Å². The number of H-pyrrole nitrogens is 1. The highest BCUT2D eigenvalue weighted by atomic mass is 16.2. The smallest absolute Gasteiger partial charge is 0.256 e. The summed E-state index contributed by atoms with van der Waals surface area (Å²) in [5, 5.41) is 4.73. The summed E-state index contributed by atoms with van der Waals surface area (Å²) in [7, 11) is 0. The van der Waals surface area contributed by atoms with Crippen LogP contribution in [0.25, 0.3) is 10.8 Å². The Morgan fingerprint density at radius 3 is 2.89 bits per heavy atom. The Morgan fingerprint density at radius 1 is 1.22 bits per heavy atom. The fraction of sp³-hybridized carbons (Fsp3) is 0.273. The second-order valence-corrected chi connectivity index (χ2v) is 7.15. The monoisotopic (exact) mass is 361 g/mol. The first-order valence-electron chi connectivity index (χ1n) is 9.28. The summed E-state index contributed by atoms with van der Waals surface area (Å²) in [6, 6.07) is 15.9. The van der Waals surface area contributed by atoms with Crippen LogP contribution < -0.4 is 10.9 Å². The molecule has 1 aromatic heterocycles. The summed E-state index contributed by atoms with van der Waals surface area (Å²) in [5.41, 5.74) is 4.13. The van der Waals surface area contributed by atoms with Crippen molar-refractivity contribution in [1.82, 2.24) is 9.88 Å². The van der Waals surface area contributed by atoms with Crippen LogP contribution in [-0.2, 0) is 11.2 Å². The van der Waals surface area contributed by atoms with Crippen molar-refractivity contribution >= 4 is 22.4 Å². The van der Waals surface area contributed by atoms with E-state index in [0.29, 0.717) is 5.39 Å². The first-order chi connectivity index (χ1) is 13.0. The molecule has 0 saturated heterocycles. The van der Waals surface area contributed by atoms with Gasteiger partial charge in [0.2, 0.25) is 5.91 Å². The van der Waals surface area contributed by atoms with Crippen molar-refractivity contribution in [2.45, 2.75) is 26.3 Å². The van der Waals surface area contributed by atoms with Gasteiger partial charge in [-0.1, -0.05) is 24.3 Å². The van der Waals surface area contributed by atoms with Crippen LogP contribution >= 0.6 is 0 Å². The van der Waals surface area contributed by atoms with Gasteiger partial charge in [0.25, 0.3) is 5.56 Å². The number of aryl methyl sites for hydroxylation is 1. The molecule has 4 rings (SSSR count). The van der Waals surface area contributed by atoms with Crippen molar-refractivity contribution in [3.8, 4) is 0 Å². The number of carbonyl (C=O) groups is 1. The maximum Gasteiger partial charge on any atom is 0.256 e. The number of aromatic amines is 1. The Morgan fingerprint density at radius 2 is 2.04 bits per heavy atom. The third-order valence-corrected chi connectivity index (χ3v) is 5.34. The molecule has 1 aliphatic heterocycles. The molecule has 3 aromatic rings. The van der Waals surface area contributed by atoms with Gasteiger partial charge in [0.15, 0.2) is 0 Å². The van der Waals surface area contributed by atoms with Crippen LogP contribution in [0, 0.1) is 6.92 Å². The Labute approximate surface area is 158 Å². The van der Waals surface area contributed by atoms with Crippen molar-refractivity contribution in [2.24, 2.45) is 0 Å². The molecule has 138 valence electrons. The lowest BCUT2D eigenvalue weighted by Crippen LogP contribution is -2.41. The summed E-state index contributed by atoms with van der Waals surface area (Å²) >= 11 is 0. The minimum Gasteiger partial charge on any atom is -0.376 e. The molecule has 1 amide bonds. The van der Waals surface area contributed by atoms with Crippen LogP contribution in [0.2, 0.25) is 0 Å². The molecular formula is C22H23N3O2. The SMILES string of the molecule is Cc1cc2cc(NCC(=O)N3CCc4ccccc4C3C)ccc2c(=O)[nH]1. The van der Waals surface area contributed by atoms with Crippen LogP contribution in [0.4, 0.5) is 5.69 Å². The lowest BCUT2D eigenvalue weighted by atomic mass is 9.93. The van der Waals surface area contributed by atoms with Crippen LogP contribution in [0.1, 0.15) is 29.8 Å². The molecule has 1 aliphatic rings. The van der Waals surface area contributed by atoms with E-state index in [9.17, 15) is 9.59 Å². The number of aromatic nitrogens is 1. The zero-order chi connectivity index (χ0) is 19.0. The molecule has 0 saturated carbocycles. The van der Waals surface area contributed by atoms with Gasteiger partial charge in [-0.2, -0.15) is 0 Å². The number of hydrogen-bond donors (Lipinski definition) is 2. The minimum absolute atomic E-state index is 0.0826. The van der Waals surface area contributed by atoms with E-state index in [1.807, 2.05) is 36.1 Å². The van der Waals surface area contributed by atoms with Gasteiger partial charge in [-0.05, 0) is 61.0 Å². The normalized spacial score (nSPS) is 16.2. The zero-order valence-electron chi connectivity index (χ0n) is 15.6. The van der Waals surface area contributed by atoms with Gasteiger partial charge < -0.3 is 15.2 Å².